The van der Waals surface area contributed by atoms with Crippen molar-refractivity contribution >= 4 is 22.8 Å². The molecule has 3 heterocycles. The number of carbonyl (C=O) groups excluding carboxylic acids is 2. The highest BCUT2D eigenvalue weighted by molar-refractivity contribution is 5.98. The van der Waals surface area contributed by atoms with E-state index in [1.165, 1.54) is 0 Å². The summed E-state index contributed by atoms with van der Waals surface area (Å²) in [6, 6.07) is 7.78. The highest BCUT2D eigenvalue weighted by atomic mass is 16.2. The lowest BCUT2D eigenvalue weighted by Gasteiger charge is -2.36. The molecule has 0 saturated carbocycles. The van der Waals surface area contributed by atoms with E-state index in [1.807, 2.05) is 40.3 Å². The van der Waals surface area contributed by atoms with E-state index in [-0.39, 0.29) is 18.0 Å². The number of aromatic amines is 1. The average Bonchev–Trinajstić information content (AvgIpc) is 3.12. The smallest absolute Gasteiger partial charge is 0.317 e. The lowest BCUT2D eigenvalue weighted by Crippen LogP contribution is -2.53. The largest absolute Gasteiger partial charge is 0.361 e. The van der Waals surface area contributed by atoms with Gasteiger partial charge in [0.15, 0.2) is 0 Å². The number of hydrogen-bond acceptors (Lipinski definition) is 2. The molecule has 1 unspecified atom stereocenters. The monoisotopic (exact) mass is 284 g/mol. The Hall–Kier alpha value is -2.50. The summed E-state index contributed by atoms with van der Waals surface area (Å²) in [5, 5.41) is 3.92. The van der Waals surface area contributed by atoms with E-state index in [9.17, 15) is 9.59 Å². The maximum absolute atomic E-state index is 12.6. The summed E-state index contributed by atoms with van der Waals surface area (Å²) in [5.74, 6) is 0.0329. The summed E-state index contributed by atoms with van der Waals surface area (Å²) in [4.78, 5) is 31.0. The van der Waals surface area contributed by atoms with Crippen molar-refractivity contribution < 1.29 is 9.59 Å². The third-order valence-electron chi connectivity index (χ3n) is 4.32. The molecule has 0 bridgehead atoms. The van der Waals surface area contributed by atoms with E-state index in [4.69, 9.17) is 0 Å². The van der Waals surface area contributed by atoms with Crippen molar-refractivity contribution in [2.24, 2.45) is 0 Å². The molecule has 1 aromatic heterocycles. The zero-order chi connectivity index (χ0) is 14.4. The third kappa shape index (κ3) is 1.94. The number of carbonyl (C=O) groups is 2. The maximum atomic E-state index is 12.6. The predicted octanol–water partition coefficient (Wildman–Crippen LogP) is 1.02. The van der Waals surface area contributed by atoms with Crippen molar-refractivity contribution in [3.05, 3.63) is 36.0 Å². The number of urea groups is 1. The van der Waals surface area contributed by atoms with Crippen molar-refractivity contribution in [1.29, 1.82) is 0 Å². The second kappa shape index (κ2) is 4.51. The number of hydrogen-bond donors (Lipinski definition) is 2. The normalized spacial score (nSPS) is 21.5. The number of fused-ring (bicyclic) bond motifs is 2. The van der Waals surface area contributed by atoms with Gasteiger partial charge in [-0.2, -0.15) is 0 Å². The Balaban J connectivity index is 1.56. The standard InChI is InChI=1S/C15H16N4O2/c20-14(11-2-1-10-3-4-16-13(10)7-11)18-5-6-19-12(9-18)8-17-15(19)21/h1-4,7,12,16H,5-6,8-9H2,(H,17,21). The number of rotatable bonds is 1. The van der Waals surface area contributed by atoms with Gasteiger partial charge in [0, 0.05) is 43.5 Å². The molecule has 2 N–H and O–H groups in total. The molecule has 21 heavy (non-hydrogen) atoms. The zero-order valence-corrected chi connectivity index (χ0v) is 11.5. The number of piperazine rings is 1. The molecule has 0 aliphatic carbocycles. The van der Waals surface area contributed by atoms with E-state index in [1.54, 1.807) is 0 Å². The van der Waals surface area contributed by atoms with Gasteiger partial charge < -0.3 is 20.1 Å². The minimum atomic E-state index is -0.0140. The van der Waals surface area contributed by atoms with Crippen LogP contribution >= 0.6 is 0 Å². The Morgan fingerprint density at radius 1 is 1.24 bits per heavy atom. The highest BCUT2D eigenvalue weighted by Gasteiger charge is 2.37. The van der Waals surface area contributed by atoms with Gasteiger partial charge in [-0.25, -0.2) is 4.79 Å². The van der Waals surface area contributed by atoms with Gasteiger partial charge in [-0.3, -0.25) is 4.79 Å². The van der Waals surface area contributed by atoms with E-state index in [2.05, 4.69) is 10.3 Å². The van der Waals surface area contributed by atoms with Gasteiger partial charge in [0.25, 0.3) is 5.91 Å². The minimum absolute atomic E-state index is 0.0140. The van der Waals surface area contributed by atoms with E-state index in [0.717, 1.165) is 10.9 Å². The van der Waals surface area contributed by atoms with Crippen molar-refractivity contribution in [2.45, 2.75) is 6.04 Å². The predicted molar refractivity (Wildman–Crippen MR) is 78.1 cm³/mol. The molecule has 0 spiro atoms. The molecule has 2 aliphatic heterocycles. The number of aromatic nitrogens is 1. The summed E-state index contributed by atoms with van der Waals surface area (Å²) in [5.41, 5.74) is 1.66. The average molecular weight is 284 g/mol. The van der Waals surface area contributed by atoms with Crippen LogP contribution in [0.1, 0.15) is 10.4 Å². The van der Waals surface area contributed by atoms with E-state index >= 15 is 0 Å². The molecular weight excluding hydrogens is 268 g/mol. The molecule has 2 fully saturated rings. The van der Waals surface area contributed by atoms with Gasteiger partial charge in [-0.15, -0.1) is 0 Å². The molecule has 0 radical (unpaired) electrons. The van der Waals surface area contributed by atoms with Gasteiger partial charge in [-0.05, 0) is 23.6 Å². The molecule has 3 amide bonds. The van der Waals surface area contributed by atoms with Crippen LogP contribution in [-0.2, 0) is 0 Å². The number of benzene rings is 1. The Kier molecular flexibility index (Phi) is 2.63. The highest BCUT2D eigenvalue weighted by Crippen LogP contribution is 2.19. The van der Waals surface area contributed by atoms with Crippen molar-refractivity contribution in [3.8, 4) is 0 Å². The number of H-pyrrole nitrogens is 1. The zero-order valence-electron chi connectivity index (χ0n) is 11.5. The van der Waals surface area contributed by atoms with Crippen LogP contribution in [0.5, 0.6) is 0 Å². The van der Waals surface area contributed by atoms with Crippen molar-refractivity contribution in [1.82, 2.24) is 20.1 Å². The fourth-order valence-corrected chi connectivity index (χ4v) is 3.15. The molecule has 2 aliphatic rings. The molecule has 6 heteroatoms. The number of nitrogens with one attached hydrogen (secondary N) is 2. The van der Waals surface area contributed by atoms with Crippen LogP contribution in [0.2, 0.25) is 0 Å². The first-order chi connectivity index (χ1) is 10.2. The number of nitrogens with zero attached hydrogens (tertiary/aromatic N) is 2. The quantitative estimate of drug-likeness (QED) is 0.821. The second-order valence-corrected chi connectivity index (χ2v) is 5.56. The minimum Gasteiger partial charge on any atom is -0.361 e. The molecule has 6 nitrogen and oxygen atoms in total. The fourth-order valence-electron chi connectivity index (χ4n) is 3.15. The molecule has 2 aromatic rings. The molecular formula is C15H16N4O2. The number of amides is 3. The Labute approximate surface area is 121 Å². The van der Waals surface area contributed by atoms with Crippen LogP contribution in [0.4, 0.5) is 4.79 Å². The summed E-state index contributed by atoms with van der Waals surface area (Å²) >= 11 is 0. The van der Waals surface area contributed by atoms with E-state index in [0.29, 0.717) is 31.7 Å². The first-order valence-corrected chi connectivity index (χ1v) is 7.13. The molecule has 2 saturated heterocycles. The third-order valence-corrected chi connectivity index (χ3v) is 4.32. The van der Waals surface area contributed by atoms with Crippen LogP contribution in [0.3, 0.4) is 0 Å². The maximum Gasteiger partial charge on any atom is 0.317 e. The Morgan fingerprint density at radius 2 is 2.14 bits per heavy atom. The SMILES string of the molecule is O=C(c1ccc2cc[nH]c2c1)N1CCN2C(=O)NCC2C1. The first-order valence-electron chi connectivity index (χ1n) is 7.13. The Morgan fingerprint density at radius 3 is 3.05 bits per heavy atom. The van der Waals surface area contributed by atoms with Crippen LogP contribution in [0.15, 0.2) is 30.5 Å². The van der Waals surface area contributed by atoms with E-state index < -0.39 is 0 Å². The topological polar surface area (TPSA) is 68.4 Å². The second-order valence-electron chi connectivity index (χ2n) is 5.56. The summed E-state index contributed by atoms with van der Waals surface area (Å²) in [6.07, 6.45) is 1.87. The lowest BCUT2D eigenvalue weighted by molar-refractivity contribution is 0.0617. The lowest BCUT2D eigenvalue weighted by atomic mass is 10.1. The van der Waals surface area contributed by atoms with Crippen LogP contribution in [0, 0.1) is 0 Å². The fraction of sp³-hybridized carbons (Fsp3) is 0.333. The molecule has 4 rings (SSSR count). The summed E-state index contributed by atoms with van der Waals surface area (Å²) < 4.78 is 0. The Bertz CT molecular complexity index is 723. The van der Waals surface area contributed by atoms with Gasteiger partial charge in [0.05, 0.1) is 6.04 Å². The molecule has 108 valence electrons. The molecule has 1 atom stereocenters. The van der Waals surface area contributed by atoms with Crippen molar-refractivity contribution in [3.63, 3.8) is 0 Å². The van der Waals surface area contributed by atoms with Gasteiger partial charge in [0.2, 0.25) is 0 Å². The van der Waals surface area contributed by atoms with Gasteiger partial charge >= 0.3 is 6.03 Å². The van der Waals surface area contributed by atoms with Gasteiger partial charge in [0.1, 0.15) is 0 Å². The molecule has 1 aromatic carbocycles. The summed E-state index contributed by atoms with van der Waals surface area (Å²) in [7, 11) is 0. The summed E-state index contributed by atoms with van der Waals surface area (Å²) in [6.45, 7) is 2.41. The van der Waals surface area contributed by atoms with Crippen LogP contribution < -0.4 is 5.32 Å². The van der Waals surface area contributed by atoms with Crippen LogP contribution in [0.25, 0.3) is 10.9 Å². The first kappa shape index (κ1) is 12.3. The van der Waals surface area contributed by atoms with Crippen molar-refractivity contribution in [2.75, 3.05) is 26.2 Å². The van der Waals surface area contributed by atoms with Crippen LogP contribution in [-0.4, -0.2) is 58.9 Å². The van der Waals surface area contributed by atoms with Gasteiger partial charge in [-0.1, -0.05) is 6.07 Å².